The molecule has 0 bridgehead atoms. The van der Waals surface area contributed by atoms with Crippen LogP contribution in [0.5, 0.6) is 5.75 Å². The molecule has 0 saturated heterocycles. The maximum Gasteiger partial charge on any atom is 0.342 e. The number of hydrogen-bond acceptors (Lipinski definition) is 3. The molecule has 0 N–H and O–H groups in total. The van der Waals surface area contributed by atoms with E-state index in [0.29, 0.717) is 11.3 Å². The van der Waals surface area contributed by atoms with Gasteiger partial charge in [-0.2, -0.15) is 0 Å². The van der Waals surface area contributed by atoms with Crippen molar-refractivity contribution in [2.24, 2.45) is 0 Å². The summed E-state index contributed by atoms with van der Waals surface area (Å²) in [4.78, 5) is 11.6. The zero-order valence-electron chi connectivity index (χ0n) is 9.92. The summed E-state index contributed by atoms with van der Waals surface area (Å²) >= 11 is 0. The Bertz CT molecular complexity index is 604. The minimum atomic E-state index is -0.643. The SMILES string of the molecule is Cc1cccc(OC2OC(=O)c3ccccc32)c1. The van der Waals surface area contributed by atoms with Gasteiger partial charge in [-0.15, -0.1) is 0 Å². The van der Waals surface area contributed by atoms with Crippen molar-refractivity contribution in [1.29, 1.82) is 0 Å². The maximum atomic E-state index is 11.6. The Hall–Kier alpha value is -2.29. The molecule has 90 valence electrons. The van der Waals surface area contributed by atoms with Gasteiger partial charge in [0.05, 0.1) is 5.56 Å². The zero-order chi connectivity index (χ0) is 12.5. The molecule has 18 heavy (non-hydrogen) atoms. The van der Waals surface area contributed by atoms with E-state index in [1.54, 1.807) is 6.07 Å². The predicted octanol–water partition coefficient (Wildman–Crippen LogP) is 3.24. The van der Waals surface area contributed by atoms with Gasteiger partial charge in [0.2, 0.25) is 0 Å². The van der Waals surface area contributed by atoms with Crippen LogP contribution in [0.15, 0.2) is 48.5 Å². The van der Waals surface area contributed by atoms with Crippen LogP contribution >= 0.6 is 0 Å². The first-order valence-corrected chi connectivity index (χ1v) is 5.77. The first-order chi connectivity index (χ1) is 8.74. The van der Waals surface area contributed by atoms with Crippen molar-refractivity contribution < 1.29 is 14.3 Å². The van der Waals surface area contributed by atoms with Gasteiger partial charge in [0, 0.05) is 5.56 Å². The van der Waals surface area contributed by atoms with Gasteiger partial charge in [-0.3, -0.25) is 0 Å². The van der Waals surface area contributed by atoms with Gasteiger partial charge in [0.15, 0.2) is 0 Å². The molecule has 1 heterocycles. The van der Waals surface area contributed by atoms with Crippen molar-refractivity contribution in [2.45, 2.75) is 13.2 Å². The number of fused-ring (bicyclic) bond motifs is 1. The van der Waals surface area contributed by atoms with Gasteiger partial charge in [-0.1, -0.05) is 30.3 Å². The molecule has 2 aromatic carbocycles. The Kier molecular flexibility index (Phi) is 2.52. The fraction of sp³-hybridized carbons (Fsp3) is 0.133. The number of cyclic esters (lactones) is 1. The number of benzene rings is 2. The van der Waals surface area contributed by atoms with Crippen molar-refractivity contribution >= 4 is 5.97 Å². The number of hydrogen-bond donors (Lipinski definition) is 0. The summed E-state index contributed by atoms with van der Waals surface area (Å²) in [6, 6.07) is 14.9. The standard InChI is InChI=1S/C15H12O3/c1-10-5-4-6-11(9-10)17-15-13-8-3-2-7-12(13)14(16)18-15/h2-9,15H,1H3. The molecular formula is C15H12O3. The summed E-state index contributed by atoms with van der Waals surface area (Å²) in [6.07, 6.45) is -0.643. The molecule has 0 spiro atoms. The zero-order valence-corrected chi connectivity index (χ0v) is 9.92. The third kappa shape index (κ3) is 1.84. The van der Waals surface area contributed by atoms with E-state index in [4.69, 9.17) is 9.47 Å². The van der Waals surface area contributed by atoms with Crippen LogP contribution in [0, 0.1) is 6.92 Å². The smallest absolute Gasteiger partial charge is 0.342 e. The number of rotatable bonds is 2. The van der Waals surface area contributed by atoms with Gasteiger partial charge in [-0.25, -0.2) is 4.79 Å². The van der Waals surface area contributed by atoms with E-state index in [9.17, 15) is 4.79 Å². The Labute approximate surface area is 105 Å². The number of carbonyl (C=O) groups excluding carboxylic acids is 1. The summed E-state index contributed by atoms with van der Waals surface area (Å²) in [5.74, 6) is 0.368. The van der Waals surface area contributed by atoms with E-state index in [0.717, 1.165) is 11.1 Å². The Morgan fingerprint density at radius 3 is 2.78 bits per heavy atom. The quantitative estimate of drug-likeness (QED) is 0.756. The monoisotopic (exact) mass is 240 g/mol. The van der Waals surface area contributed by atoms with Gasteiger partial charge in [0.25, 0.3) is 6.29 Å². The molecular weight excluding hydrogens is 228 g/mol. The first-order valence-electron chi connectivity index (χ1n) is 5.77. The number of esters is 1. The second-order valence-corrected chi connectivity index (χ2v) is 4.26. The largest absolute Gasteiger partial charge is 0.450 e. The van der Waals surface area contributed by atoms with Crippen molar-refractivity contribution in [3.8, 4) is 5.75 Å². The molecule has 0 radical (unpaired) electrons. The van der Waals surface area contributed by atoms with E-state index < -0.39 is 6.29 Å². The maximum absolute atomic E-state index is 11.6. The average molecular weight is 240 g/mol. The second kappa shape index (κ2) is 4.18. The summed E-state index contributed by atoms with van der Waals surface area (Å²) in [5.41, 5.74) is 2.46. The van der Waals surface area contributed by atoms with Crippen LogP contribution in [0.4, 0.5) is 0 Å². The molecule has 0 saturated carbocycles. The topological polar surface area (TPSA) is 35.5 Å². The minimum absolute atomic E-state index is 0.330. The van der Waals surface area contributed by atoms with Crippen LogP contribution in [0.3, 0.4) is 0 Å². The lowest BCUT2D eigenvalue weighted by Gasteiger charge is -2.13. The van der Waals surface area contributed by atoms with Crippen LogP contribution in [-0.4, -0.2) is 5.97 Å². The summed E-state index contributed by atoms with van der Waals surface area (Å²) in [7, 11) is 0. The lowest BCUT2D eigenvalue weighted by Crippen LogP contribution is -2.07. The molecule has 1 aliphatic heterocycles. The van der Waals surface area contributed by atoms with Crippen molar-refractivity contribution in [1.82, 2.24) is 0 Å². The number of aryl methyl sites for hydroxylation is 1. The van der Waals surface area contributed by atoms with Crippen LogP contribution in [0.2, 0.25) is 0 Å². The summed E-state index contributed by atoms with van der Waals surface area (Å²) in [5, 5.41) is 0. The molecule has 3 nitrogen and oxygen atoms in total. The highest BCUT2D eigenvalue weighted by Gasteiger charge is 2.31. The minimum Gasteiger partial charge on any atom is -0.450 e. The fourth-order valence-electron chi connectivity index (χ4n) is 2.01. The van der Waals surface area contributed by atoms with Crippen LogP contribution < -0.4 is 4.74 Å². The molecule has 3 rings (SSSR count). The first kappa shape index (κ1) is 10.8. The molecule has 0 amide bonds. The molecule has 2 aromatic rings. The third-order valence-electron chi connectivity index (χ3n) is 2.88. The fourth-order valence-corrected chi connectivity index (χ4v) is 2.01. The highest BCUT2D eigenvalue weighted by Crippen LogP contribution is 2.32. The molecule has 0 aromatic heterocycles. The van der Waals surface area contributed by atoms with Gasteiger partial charge in [-0.05, 0) is 30.7 Å². The van der Waals surface area contributed by atoms with Crippen molar-refractivity contribution in [3.05, 3.63) is 65.2 Å². The molecule has 3 heteroatoms. The number of carbonyl (C=O) groups is 1. The molecule has 0 fully saturated rings. The van der Waals surface area contributed by atoms with E-state index >= 15 is 0 Å². The van der Waals surface area contributed by atoms with Crippen molar-refractivity contribution in [3.63, 3.8) is 0 Å². The highest BCUT2D eigenvalue weighted by molar-refractivity contribution is 5.93. The van der Waals surface area contributed by atoms with E-state index in [-0.39, 0.29) is 5.97 Å². The molecule has 0 aliphatic carbocycles. The lowest BCUT2D eigenvalue weighted by molar-refractivity contribution is -0.0382. The van der Waals surface area contributed by atoms with E-state index in [1.807, 2.05) is 49.4 Å². The molecule has 1 atom stereocenters. The van der Waals surface area contributed by atoms with Gasteiger partial charge < -0.3 is 9.47 Å². The summed E-state index contributed by atoms with van der Waals surface area (Å²) in [6.45, 7) is 1.99. The Morgan fingerprint density at radius 1 is 1.11 bits per heavy atom. The van der Waals surface area contributed by atoms with Gasteiger partial charge >= 0.3 is 5.97 Å². The second-order valence-electron chi connectivity index (χ2n) is 4.26. The normalized spacial score (nSPS) is 17.2. The van der Waals surface area contributed by atoms with Crippen LogP contribution in [0.25, 0.3) is 0 Å². The molecule has 1 unspecified atom stereocenters. The predicted molar refractivity (Wildman–Crippen MR) is 66.4 cm³/mol. The van der Waals surface area contributed by atoms with E-state index in [2.05, 4.69) is 0 Å². The van der Waals surface area contributed by atoms with E-state index in [1.165, 1.54) is 0 Å². The third-order valence-corrected chi connectivity index (χ3v) is 2.88. The van der Waals surface area contributed by atoms with Crippen LogP contribution in [0.1, 0.15) is 27.8 Å². The Morgan fingerprint density at radius 2 is 1.94 bits per heavy atom. The van der Waals surface area contributed by atoms with Gasteiger partial charge in [0.1, 0.15) is 5.75 Å². The molecule has 1 aliphatic rings. The van der Waals surface area contributed by atoms with Crippen LogP contribution in [-0.2, 0) is 4.74 Å². The summed E-state index contributed by atoms with van der Waals surface area (Å²) < 4.78 is 10.9. The van der Waals surface area contributed by atoms with Crippen molar-refractivity contribution in [2.75, 3.05) is 0 Å². The number of ether oxygens (including phenoxy) is 2. The lowest BCUT2D eigenvalue weighted by atomic mass is 10.1. The highest BCUT2D eigenvalue weighted by atomic mass is 16.7. The Balaban J connectivity index is 1.90. The average Bonchev–Trinajstić information content (AvgIpc) is 2.67.